The molecule has 0 aliphatic carbocycles. The highest BCUT2D eigenvalue weighted by atomic mass is 35.5. The Bertz CT molecular complexity index is 362. The summed E-state index contributed by atoms with van der Waals surface area (Å²) in [6, 6.07) is 0. The predicted molar refractivity (Wildman–Crippen MR) is 47.5 cm³/mol. The summed E-state index contributed by atoms with van der Waals surface area (Å²) in [4.78, 5) is 21.3. The van der Waals surface area contributed by atoms with Crippen LogP contribution in [0.3, 0.4) is 0 Å². The van der Waals surface area contributed by atoms with Crippen molar-refractivity contribution in [3.8, 4) is 0 Å². The molecule has 0 radical (unpaired) electrons. The second kappa shape index (κ2) is 4.75. The molecule has 0 fully saturated rings. The van der Waals surface area contributed by atoms with Gasteiger partial charge in [-0.05, 0) is 0 Å². The maximum atomic E-state index is 13.3. The van der Waals surface area contributed by atoms with Crippen molar-refractivity contribution in [3.05, 3.63) is 0 Å². The Morgan fingerprint density at radius 1 is 1.33 bits per heavy atom. The van der Waals surface area contributed by atoms with Gasteiger partial charge in [0, 0.05) is 0 Å². The molecule has 0 amide bonds. The SMILES string of the molecule is COC(=O)CS(=O)(=O)C(F)(Cl)C(=O)OC. The third kappa shape index (κ3) is 3.03. The highest BCUT2D eigenvalue weighted by Crippen LogP contribution is 2.27. The molecule has 1 atom stereocenters. The van der Waals surface area contributed by atoms with E-state index in [-0.39, 0.29) is 0 Å². The number of ether oxygens (including phenoxy) is 2. The van der Waals surface area contributed by atoms with E-state index in [0.717, 1.165) is 14.2 Å². The highest BCUT2D eigenvalue weighted by molar-refractivity contribution is 7.95. The van der Waals surface area contributed by atoms with E-state index in [4.69, 9.17) is 11.6 Å². The van der Waals surface area contributed by atoms with E-state index in [9.17, 15) is 22.4 Å². The zero-order chi connectivity index (χ0) is 12.3. The molecule has 0 aromatic heterocycles. The van der Waals surface area contributed by atoms with Crippen LogP contribution < -0.4 is 0 Å². The molecule has 0 aromatic carbocycles. The van der Waals surface area contributed by atoms with Crippen LogP contribution in [0.15, 0.2) is 0 Å². The van der Waals surface area contributed by atoms with Crippen LogP contribution in [0, 0.1) is 0 Å². The maximum Gasteiger partial charge on any atom is 0.379 e. The number of carbonyl (C=O) groups excluding carboxylic acids is 2. The van der Waals surface area contributed by atoms with E-state index in [1.165, 1.54) is 0 Å². The van der Waals surface area contributed by atoms with Gasteiger partial charge in [0.25, 0.3) is 0 Å². The Balaban J connectivity index is 5.03. The summed E-state index contributed by atoms with van der Waals surface area (Å²) < 4.78 is 39.5. The molecule has 0 bridgehead atoms. The Labute approximate surface area is 90.2 Å². The van der Waals surface area contributed by atoms with Gasteiger partial charge < -0.3 is 9.47 Å². The monoisotopic (exact) mass is 262 g/mol. The summed E-state index contributed by atoms with van der Waals surface area (Å²) in [5, 5.41) is 0. The molecule has 0 N–H and O–H groups in total. The van der Waals surface area contributed by atoms with Crippen LogP contribution in [0.2, 0.25) is 0 Å². The first-order valence-corrected chi connectivity index (χ1v) is 5.47. The van der Waals surface area contributed by atoms with Crippen LogP contribution in [0.4, 0.5) is 4.39 Å². The molecule has 0 rings (SSSR count). The van der Waals surface area contributed by atoms with E-state index in [0.29, 0.717) is 0 Å². The van der Waals surface area contributed by atoms with Gasteiger partial charge >= 0.3 is 16.4 Å². The summed E-state index contributed by atoms with van der Waals surface area (Å²) >= 11 is 4.84. The smallest absolute Gasteiger partial charge is 0.379 e. The highest BCUT2D eigenvalue weighted by Gasteiger charge is 2.52. The summed E-state index contributed by atoms with van der Waals surface area (Å²) in [6.45, 7) is 0. The Kier molecular flexibility index (Phi) is 4.47. The minimum Gasteiger partial charge on any atom is -0.468 e. The first-order valence-electron chi connectivity index (χ1n) is 3.44. The fourth-order valence-corrected chi connectivity index (χ4v) is 1.74. The molecule has 0 aliphatic heterocycles. The zero-order valence-electron chi connectivity index (χ0n) is 7.82. The fraction of sp³-hybridized carbons (Fsp3) is 0.667. The van der Waals surface area contributed by atoms with Gasteiger partial charge in [-0.2, -0.15) is 4.39 Å². The topological polar surface area (TPSA) is 86.7 Å². The van der Waals surface area contributed by atoms with E-state index in [2.05, 4.69) is 9.47 Å². The second-order valence-corrected chi connectivity index (χ2v) is 5.17. The molecule has 0 aromatic rings. The summed E-state index contributed by atoms with van der Waals surface area (Å²) in [7, 11) is -3.17. The van der Waals surface area contributed by atoms with Gasteiger partial charge in [0.1, 0.15) is 0 Å². The predicted octanol–water partition coefficient (Wildman–Crippen LogP) is -0.391. The lowest BCUT2D eigenvalue weighted by Gasteiger charge is -2.14. The molecule has 9 heteroatoms. The molecule has 0 saturated heterocycles. The molecule has 6 nitrogen and oxygen atoms in total. The van der Waals surface area contributed by atoms with E-state index >= 15 is 0 Å². The number of hydrogen-bond acceptors (Lipinski definition) is 6. The number of hydrogen-bond donors (Lipinski definition) is 0. The molecule has 15 heavy (non-hydrogen) atoms. The third-order valence-corrected chi connectivity index (χ3v) is 3.77. The van der Waals surface area contributed by atoms with Crippen molar-refractivity contribution in [1.29, 1.82) is 0 Å². The maximum absolute atomic E-state index is 13.3. The number of carbonyl (C=O) groups is 2. The lowest BCUT2D eigenvalue weighted by molar-refractivity contribution is -0.145. The quantitative estimate of drug-likeness (QED) is 0.507. The van der Waals surface area contributed by atoms with Gasteiger partial charge in [-0.1, -0.05) is 11.6 Å². The lowest BCUT2D eigenvalue weighted by Crippen LogP contribution is -2.41. The van der Waals surface area contributed by atoms with Crippen LogP contribution in [0.25, 0.3) is 0 Å². The molecule has 0 spiro atoms. The Morgan fingerprint density at radius 2 is 1.80 bits per heavy atom. The average molecular weight is 263 g/mol. The molecule has 1 unspecified atom stereocenters. The fourth-order valence-electron chi connectivity index (χ4n) is 0.551. The van der Waals surface area contributed by atoms with Gasteiger partial charge in [-0.15, -0.1) is 0 Å². The number of alkyl halides is 2. The lowest BCUT2D eigenvalue weighted by atomic mass is 10.7. The van der Waals surface area contributed by atoms with Gasteiger partial charge in [-0.25, -0.2) is 13.2 Å². The van der Waals surface area contributed by atoms with Crippen molar-refractivity contribution in [2.24, 2.45) is 0 Å². The number of esters is 2. The van der Waals surface area contributed by atoms with Crippen LogP contribution in [0.1, 0.15) is 0 Å². The van der Waals surface area contributed by atoms with Crippen LogP contribution in [-0.2, 0) is 28.9 Å². The molecule has 0 saturated carbocycles. The van der Waals surface area contributed by atoms with Crippen molar-refractivity contribution < 1.29 is 31.9 Å². The van der Waals surface area contributed by atoms with Crippen LogP contribution in [-0.4, -0.2) is 44.8 Å². The molecule has 88 valence electrons. The van der Waals surface area contributed by atoms with Crippen molar-refractivity contribution in [1.82, 2.24) is 0 Å². The van der Waals surface area contributed by atoms with Crippen molar-refractivity contribution in [2.75, 3.05) is 20.0 Å². The minimum absolute atomic E-state index is 0.757. The standard InChI is InChI=1S/C6H8ClFO6S/c1-13-4(9)3-15(11,12)6(7,8)5(10)14-2/h3H2,1-2H3. The van der Waals surface area contributed by atoms with Crippen molar-refractivity contribution >= 4 is 33.4 Å². The van der Waals surface area contributed by atoms with E-state index < -0.39 is 32.0 Å². The van der Waals surface area contributed by atoms with E-state index in [1.807, 2.05) is 0 Å². The minimum atomic E-state index is -4.83. The first-order chi connectivity index (χ1) is 6.69. The number of sulfone groups is 1. The van der Waals surface area contributed by atoms with E-state index in [1.54, 1.807) is 0 Å². The van der Waals surface area contributed by atoms with Gasteiger partial charge in [-0.3, -0.25) is 4.79 Å². The number of methoxy groups -OCH3 is 2. The molecule has 0 aliphatic rings. The van der Waals surface area contributed by atoms with Crippen LogP contribution >= 0.6 is 11.6 Å². The normalized spacial score (nSPS) is 15.2. The second-order valence-electron chi connectivity index (χ2n) is 2.34. The average Bonchev–Trinajstić information content (AvgIpc) is 2.15. The van der Waals surface area contributed by atoms with Crippen LogP contribution in [0.5, 0.6) is 0 Å². The Hall–Kier alpha value is -0.890. The first kappa shape index (κ1) is 14.1. The van der Waals surface area contributed by atoms with Crippen molar-refractivity contribution in [2.45, 2.75) is 4.46 Å². The van der Waals surface area contributed by atoms with Gasteiger partial charge in [0.2, 0.25) is 9.84 Å². The number of halogens is 2. The molecular formula is C6H8ClFO6S. The largest absolute Gasteiger partial charge is 0.468 e. The Morgan fingerprint density at radius 3 is 2.13 bits per heavy atom. The van der Waals surface area contributed by atoms with Crippen molar-refractivity contribution in [3.63, 3.8) is 0 Å². The molecular weight excluding hydrogens is 255 g/mol. The number of rotatable bonds is 4. The summed E-state index contributed by atoms with van der Waals surface area (Å²) in [5.41, 5.74) is 0. The third-order valence-electron chi connectivity index (χ3n) is 1.35. The molecule has 0 heterocycles. The summed E-state index contributed by atoms with van der Waals surface area (Å²) in [6.07, 6.45) is 0. The zero-order valence-corrected chi connectivity index (χ0v) is 9.39. The van der Waals surface area contributed by atoms with Gasteiger partial charge in [0.15, 0.2) is 5.75 Å². The van der Waals surface area contributed by atoms with Gasteiger partial charge in [0.05, 0.1) is 14.2 Å². The summed E-state index contributed by atoms with van der Waals surface area (Å²) in [5.74, 6) is -4.40.